The Hall–Kier alpha value is -2.79. The SMILES string of the molecule is CCOC(=O)[C@@H]1Cc2c([nH]c3ccccc23)[C@@H](c2ccc(OC)cc2)N1. The number of fused-ring (bicyclic) bond motifs is 3. The van der Waals surface area contributed by atoms with Gasteiger partial charge < -0.3 is 14.5 Å². The standard InChI is InChI=1S/C21H22N2O3/c1-3-26-21(24)18-12-16-15-6-4-5-7-17(15)22-20(16)19(23-18)13-8-10-14(25-2)11-9-13/h4-11,18-19,22-23H,3,12H2,1-2H3/t18-,19+/m0/s1. The zero-order valence-corrected chi connectivity index (χ0v) is 14.9. The molecule has 1 aromatic heterocycles. The summed E-state index contributed by atoms with van der Waals surface area (Å²) in [5.74, 6) is 0.602. The van der Waals surface area contributed by atoms with Gasteiger partial charge in [0.15, 0.2) is 0 Å². The van der Waals surface area contributed by atoms with Crippen LogP contribution in [-0.2, 0) is 16.0 Å². The summed E-state index contributed by atoms with van der Waals surface area (Å²) in [6.45, 7) is 2.21. The second-order valence-electron chi connectivity index (χ2n) is 6.44. The first-order chi connectivity index (χ1) is 12.7. The molecule has 0 spiro atoms. The summed E-state index contributed by atoms with van der Waals surface area (Å²) in [6.07, 6.45) is 0.616. The van der Waals surface area contributed by atoms with Gasteiger partial charge in [-0.2, -0.15) is 0 Å². The number of ether oxygens (including phenoxy) is 2. The number of para-hydroxylation sites is 1. The number of nitrogens with one attached hydrogen (secondary N) is 2. The topological polar surface area (TPSA) is 63.4 Å². The Balaban J connectivity index is 1.80. The van der Waals surface area contributed by atoms with E-state index in [0.717, 1.165) is 27.9 Å². The Labute approximate surface area is 152 Å². The summed E-state index contributed by atoms with van der Waals surface area (Å²) in [4.78, 5) is 16.0. The van der Waals surface area contributed by atoms with E-state index in [4.69, 9.17) is 9.47 Å². The van der Waals surface area contributed by atoms with E-state index in [-0.39, 0.29) is 18.1 Å². The van der Waals surface area contributed by atoms with Gasteiger partial charge in [0.2, 0.25) is 0 Å². The van der Waals surface area contributed by atoms with Gasteiger partial charge in [0.25, 0.3) is 0 Å². The van der Waals surface area contributed by atoms with E-state index < -0.39 is 0 Å². The lowest BCUT2D eigenvalue weighted by atomic mass is 9.90. The van der Waals surface area contributed by atoms with E-state index in [0.29, 0.717) is 13.0 Å². The van der Waals surface area contributed by atoms with Gasteiger partial charge in [-0.3, -0.25) is 10.1 Å². The molecule has 2 atom stereocenters. The molecule has 1 aliphatic rings. The van der Waals surface area contributed by atoms with Crippen LogP contribution in [0.3, 0.4) is 0 Å². The van der Waals surface area contributed by atoms with E-state index in [1.807, 2.05) is 43.3 Å². The fourth-order valence-corrected chi connectivity index (χ4v) is 3.69. The number of methoxy groups -OCH3 is 1. The molecule has 5 nitrogen and oxygen atoms in total. The quantitative estimate of drug-likeness (QED) is 0.709. The molecule has 0 amide bonds. The molecule has 0 radical (unpaired) electrons. The number of benzene rings is 2. The molecular weight excluding hydrogens is 328 g/mol. The van der Waals surface area contributed by atoms with Crippen molar-refractivity contribution in [3.8, 4) is 5.75 Å². The summed E-state index contributed by atoms with van der Waals surface area (Å²) < 4.78 is 10.5. The van der Waals surface area contributed by atoms with Crippen molar-refractivity contribution in [2.45, 2.75) is 25.4 Å². The number of aromatic nitrogens is 1. The maximum Gasteiger partial charge on any atom is 0.323 e. The molecule has 0 aliphatic carbocycles. The average Bonchev–Trinajstić information content (AvgIpc) is 3.06. The summed E-state index contributed by atoms with van der Waals surface area (Å²) in [5.41, 5.74) is 4.45. The van der Waals surface area contributed by atoms with Crippen molar-refractivity contribution in [2.24, 2.45) is 0 Å². The number of H-pyrrole nitrogens is 1. The molecule has 5 heteroatoms. The third-order valence-corrected chi connectivity index (χ3v) is 4.93. The first-order valence-corrected chi connectivity index (χ1v) is 8.87. The van der Waals surface area contributed by atoms with Crippen molar-refractivity contribution in [3.63, 3.8) is 0 Å². The van der Waals surface area contributed by atoms with Crippen LogP contribution in [0.15, 0.2) is 48.5 Å². The highest BCUT2D eigenvalue weighted by Crippen LogP contribution is 2.35. The Kier molecular flexibility index (Phi) is 4.39. The fraction of sp³-hybridized carbons (Fsp3) is 0.286. The van der Waals surface area contributed by atoms with Crippen LogP contribution in [0.25, 0.3) is 10.9 Å². The maximum atomic E-state index is 12.4. The molecule has 26 heavy (non-hydrogen) atoms. The minimum atomic E-state index is -0.367. The van der Waals surface area contributed by atoms with Gasteiger partial charge in [0, 0.05) is 23.0 Å². The van der Waals surface area contributed by atoms with Crippen molar-refractivity contribution in [1.29, 1.82) is 0 Å². The number of hydrogen-bond donors (Lipinski definition) is 2. The van der Waals surface area contributed by atoms with Crippen molar-refractivity contribution in [2.75, 3.05) is 13.7 Å². The van der Waals surface area contributed by atoms with Crippen LogP contribution in [0, 0.1) is 0 Å². The molecule has 0 unspecified atom stereocenters. The fourth-order valence-electron chi connectivity index (χ4n) is 3.69. The highest BCUT2D eigenvalue weighted by Gasteiger charge is 2.34. The Morgan fingerprint density at radius 3 is 2.65 bits per heavy atom. The summed E-state index contributed by atoms with van der Waals surface area (Å²) in [7, 11) is 1.65. The lowest BCUT2D eigenvalue weighted by molar-refractivity contribution is -0.146. The lowest BCUT2D eigenvalue weighted by Gasteiger charge is -2.30. The second-order valence-corrected chi connectivity index (χ2v) is 6.44. The third kappa shape index (κ3) is 2.84. The van der Waals surface area contributed by atoms with Crippen LogP contribution in [0.1, 0.15) is 29.8 Å². The smallest absolute Gasteiger partial charge is 0.323 e. The zero-order valence-electron chi connectivity index (χ0n) is 14.9. The van der Waals surface area contributed by atoms with Crippen LogP contribution in [0.2, 0.25) is 0 Å². The molecule has 1 aliphatic heterocycles. The maximum absolute atomic E-state index is 12.4. The van der Waals surface area contributed by atoms with Crippen molar-refractivity contribution in [3.05, 3.63) is 65.4 Å². The Morgan fingerprint density at radius 2 is 1.92 bits per heavy atom. The van der Waals surface area contributed by atoms with Gasteiger partial charge >= 0.3 is 5.97 Å². The van der Waals surface area contributed by atoms with Gasteiger partial charge in [-0.1, -0.05) is 30.3 Å². The number of carbonyl (C=O) groups excluding carboxylic acids is 1. The lowest BCUT2D eigenvalue weighted by Crippen LogP contribution is -2.45. The molecule has 2 heterocycles. The van der Waals surface area contributed by atoms with Crippen LogP contribution in [0.5, 0.6) is 5.75 Å². The number of rotatable bonds is 4. The van der Waals surface area contributed by atoms with Crippen molar-refractivity contribution >= 4 is 16.9 Å². The summed E-state index contributed by atoms with van der Waals surface area (Å²) in [6, 6.07) is 15.7. The monoisotopic (exact) mass is 350 g/mol. The molecule has 0 saturated heterocycles. The number of hydrogen-bond acceptors (Lipinski definition) is 4. The molecule has 2 N–H and O–H groups in total. The van der Waals surface area contributed by atoms with Crippen molar-refractivity contribution < 1.29 is 14.3 Å². The zero-order chi connectivity index (χ0) is 18.1. The van der Waals surface area contributed by atoms with E-state index in [9.17, 15) is 4.79 Å². The minimum Gasteiger partial charge on any atom is -0.497 e. The molecule has 0 fully saturated rings. The third-order valence-electron chi connectivity index (χ3n) is 4.93. The van der Waals surface area contributed by atoms with Crippen LogP contribution in [-0.4, -0.2) is 30.7 Å². The van der Waals surface area contributed by atoms with Crippen LogP contribution >= 0.6 is 0 Å². The second kappa shape index (κ2) is 6.84. The van der Waals surface area contributed by atoms with Gasteiger partial charge in [-0.25, -0.2) is 0 Å². The predicted molar refractivity (Wildman–Crippen MR) is 100 cm³/mol. The first kappa shape index (κ1) is 16.7. The minimum absolute atomic E-state index is 0.105. The Bertz CT molecular complexity index is 930. The van der Waals surface area contributed by atoms with E-state index >= 15 is 0 Å². The first-order valence-electron chi connectivity index (χ1n) is 8.87. The van der Waals surface area contributed by atoms with Gasteiger partial charge in [-0.05, 0) is 36.2 Å². The van der Waals surface area contributed by atoms with E-state index in [2.05, 4.69) is 22.4 Å². The average molecular weight is 350 g/mol. The molecule has 134 valence electrons. The van der Waals surface area contributed by atoms with Crippen molar-refractivity contribution in [1.82, 2.24) is 10.3 Å². The number of esters is 1. The largest absolute Gasteiger partial charge is 0.497 e. The summed E-state index contributed by atoms with van der Waals surface area (Å²) >= 11 is 0. The summed E-state index contributed by atoms with van der Waals surface area (Å²) in [5, 5.41) is 4.63. The molecule has 3 aromatic rings. The molecule has 2 aromatic carbocycles. The van der Waals surface area contributed by atoms with E-state index in [1.165, 1.54) is 5.56 Å². The highest BCUT2D eigenvalue weighted by atomic mass is 16.5. The normalized spacial score (nSPS) is 19.2. The van der Waals surface area contributed by atoms with E-state index in [1.54, 1.807) is 7.11 Å². The van der Waals surface area contributed by atoms with Gasteiger partial charge in [0.05, 0.1) is 19.8 Å². The molecule has 0 bridgehead atoms. The number of aromatic amines is 1. The molecule has 4 rings (SSSR count). The molecule has 0 saturated carbocycles. The van der Waals surface area contributed by atoms with Crippen LogP contribution < -0.4 is 10.1 Å². The highest BCUT2D eigenvalue weighted by molar-refractivity contribution is 5.87. The Morgan fingerprint density at radius 1 is 1.15 bits per heavy atom. The van der Waals surface area contributed by atoms with Crippen LogP contribution in [0.4, 0.5) is 0 Å². The molecular formula is C21H22N2O3. The number of carbonyl (C=O) groups is 1. The van der Waals surface area contributed by atoms with Gasteiger partial charge in [0.1, 0.15) is 11.8 Å². The van der Waals surface area contributed by atoms with Gasteiger partial charge in [-0.15, -0.1) is 0 Å². The predicted octanol–water partition coefficient (Wildman–Crippen LogP) is 3.34.